The number of guanidine groups is 1. The third-order valence-electron chi connectivity index (χ3n) is 5.99. The smallest absolute Gasteiger partial charge is 0.191 e. The molecule has 152 valence electrons. The zero-order valence-electron chi connectivity index (χ0n) is 16.9. The zero-order valence-corrected chi connectivity index (χ0v) is 19.2. The van der Waals surface area contributed by atoms with Gasteiger partial charge in [0.25, 0.3) is 0 Å². The SMILES string of the molecule is CN=C(NCCCN1CCC(C)CC1)NCCN(CC1CC1)C1CC1.I. The maximum Gasteiger partial charge on any atom is 0.191 e. The molecule has 5 nitrogen and oxygen atoms in total. The minimum Gasteiger partial charge on any atom is -0.356 e. The zero-order chi connectivity index (χ0) is 17.5. The predicted octanol–water partition coefficient (Wildman–Crippen LogP) is 2.77. The van der Waals surface area contributed by atoms with Crippen LogP contribution in [0.15, 0.2) is 4.99 Å². The van der Waals surface area contributed by atoms with E-state index < -0.39 is 0 Å². The van der Waals surface area contributed by atoms with Crippen molar-refractivity contribution in [2.24, 2.45) is 16.8 Å². The molecule has 0 spiro atoms. The van der Waals surface area contributed by atoms with E-state index in [9.17, 15) is 0 Å². The first kappa shape index (κ1) is 22.2. The lowest BCUT2D eigenvalue weighted by molar-refractivity contribution is 0.191. The van der Waals surface area contributed by atoms with E-state index >= 15 is 0 Å². The maximum atomic E-state index is 4.38. The first-order valence-electron chi connectivity index (χ1n) is 10.7. The summed E-state index contributed by atoms with van der Waals surface area (Å²) >= 11 is 0. The van der Waals surface area contributed by atoms with Crippen LogP contribution in [0.3, 0.4) is 0 Å². The van der Waals surface area contributed by atoms with Gasteiger partial charge in [0.05, 0.1) is 0 Å². The van der Waals surface area contributed by atoms with Crippen LogP contribution >= 0.6 is 24.0 Å². The Morgan fingerprint density at radius 3 is 2.35 bits per heavy atom. The average molecular weight is 477 g/mol. The summed E-state index contributed by atoms with van der Waals surface area (Å²) in [7, 11) is 1.88. The molecule has 3 rings (SSSR count). The van der Waals surface area contributed by atoms with Crippen molar-refractivity contribution in [2.75, 3.05) is 52.9 Å². The van der Waals surface area contributed by atoms with Crippen LogP contribution in [-0.4, -0.2) is 74.7 Å². The van der Waals surface area contributed by atoms with Crippen molar-refractivity contribution in [1.29, 1.82) is 0 Å². The molecule has 0 unspecified atom stereocenters. The second-order valence-electron chi connectivity index (χ2n) is 8.47. The Labute approximate surface area is 177 Å². The quantitative estimate of drug-likeness (QED) is 0.220. The van der Waals surface area contributed by atoms with Crippen molar-refractivity contribution in [2.45, 2.75) is 57.9 Å². The fraction of sp³-hybridized carbons (Fsp3) is 0.950. The number of nitrogens with zero attached hydrogens (tertiary/aromatic N) is 3. The number of halogens is 1. The summed E-state index contributed by atoms with van der Waals surface area (Å²) in [5.41, 5.74) is 0. The molecule has 6 heteroatoms. The molecule has 2 N–H and O–H groups in total. The van der Waals surface area contributed by atoms with E-state index in [2.05, 4.69) is 32.3 Å². The fourth-order valence-electron chi connectivity index (χ4n) is 3.83. The molecule has 1 aliphatic heterocycles. The van der Waals surface area contributed by atoms with Crippen LogP contribution < -0.4 is 10.6 Å². The maximum absolute atomic E-state index is 4.38. The Balaban J connectivity index is 0.00000243. The number of hydrogen-bond donors (Lipinski definition) is 2. The van der Waals surface area contributed by atoms with Crippen LogP contribution in [0.1, 0.15) is 51.9 Å². The minimum absolute atomic E-state index is 0. The second-order valence-corrected chi connectivity index (χ2v) is 8.47. The highest BCUT2D eigenvalue weighted by Crippen LogP contribution is 2.34. The van der Waals surface area contributed by atoms with Crippen molar-refractivity contribution in [3.8, 4) is 0 Å². The fourth-order valence-corrected chi connectivity index (χ4v) is 3.83. The summed E-state index contributed by atoms with van der Waals surface area (Å²) in [6.45, 7) is 10.7. The standard InChI is InChI=1S/C20H39N5.HI/c1-17-8-13-24(14-9-17)12-3-10-22-20(21-2)23-11-15-25(19-6-7-19)16-18-4-5-18;/h17-19H,3-16H2,1-2H3,(H2,21,22,23);1H. The topological polar surface area (TPSA) is 42.9 Å². The average Bonchev–Trinajstić information content (AvgIpc) is 3.51. The van der Waals surface area contributed by atoms with Gasteiger partial charge in [-0.05, 0) is 76.4 Å². The van der Waals surface area contributed by atoms with E-state index in [1.807, 2.05) is 7.05 Å². The molecule has 0 aromatic rings. The van der Waals surface area contributed by atoms with Gasteiger partial charge >= 0.3 is 0 Å². The predicted molar refractivity (Wildman–Crippen MR) is 122 cm³/mol. The highest BCUT2D eigenvalue weighted by atomic mass is 127. The Morgan fingerprint density at radius 2 is 1.73 bits per heavy atom. The van der Waals surface area contributed by atoms with Gasteiger partial charge < -0.3 is 15.5 Å². The Kier molecular flexibility index (Phi) is 9.99. The van der Waals surface area contributed by atoms with Gasteiger partial charge in [-0.1, -0.05) is 6.92 Å². The Hall–Kier alpha value is -0.0800. The highest BCUT2D eigenvalue weighted by Gasteiger charge is 2.33. The van der Waals surface area contributed by atoms with Crippen LogP contribution in [-0.2, 0) is 0 Å². The molecule has 0 aromatic carbocycles. The van der Waals surface area contributed by atoms with Crippen LogP contribution in [0.4, 0.5) is 0 Å². The molecule has 3 aliphatic rings. The largest absolute Gasteiger partial charge is 0.356 e. The lowest BCUT2D eigenvalue weighted by atomic mass is 9.99. The van der Waals surface area contributed by atoms with E-state index in [1.165, 1.54) is 71.1 Å². The number of rotatable bonds is 10. The number of aliphatic imine (C=N–C) groups is 1. The third kappa shape index (κ3) is 8.30. The van der Waals surface area contributed by atoms with E-state index in [0.29, 0.717) is 0 Å². The van der Waals surface area contributed by atoms with Gasteiger partial charge in [0.2, 0.25) is 0 Å². The van der Waals surface area contributed by atoms with E-state index in [1.54, 1.807) is 0 Å². The van der Waals surface area contributed by atoms with Crippen LogP contribution in [0.2, 0.25) is 0 Å². The van der Waals surface area contributed by atoms with Crippen LogP contribution in [0, 0.1) is 11.8 Å². The molecule has 26 heavy (non-hydrogen) atoms. The summed E-state index contributed by atoms with van der Waals surface area (Å²) in [5.74, 6) is 2.89. The number of piperidine rings is 1. The summed E-state index contributed by atoms with van der Waals surface area (Å²) < 4.78 is 0. The van der Waals surface area contributed by atoms with Crippen molar-refractivity contribution >= 4 is 29.9 Å². The van der Waals surface area contributed by atoms with Gasteiger partial charge in [0.1, 0.15) is 0 Å². The van der Waals surface area contributed by atoms with E-state index in [0.717, 1.165) is 43.5 Å². The molecule has 3 fully saturated rings. The monoisotopic (exact) mass is 477 g/mol. The van der Waals surface area contributed by atoms with Gasteiger partial charge in [-0.2, -0.15) is 0 Å². The lowest BCUT2D eigenvalue weighted by Gasteiger charge is -2.30. The highest BCUT2D eigenvalue weighted by molar-refractivity contribution is 14.0. The number of nitrogens with one attached hydrogen (secondary N) is 2. The van der Waals surface area contributed by atoms with E-state index in [4.69, 9.17) is 0 Å². The van der Waals surface area contributed by atoms with Gasteiger partial charge in [0, 0.05) is 39.3 Å². The molecular formula is C20H40IN5. The van der Waals surface area contributed by atoms with Gasteiger partial charge in [0.15, 0.2) is 5.96 Å². The third-order valence-corrected chi connectivity index (χ3v) is 5.99. The van der Waals surface area contributed by atoms with Gasteiger partial charge in [-0.25, -0.2) is 0 Å². The van der Waals surface area contributed by atoms with E-state index in [-0.39, 0.29) is 24.0 Å². The molecular weight excluding hydrogens is 437 g/mol. The summed E-state index contributed by atoms with van der Waals surface area (Å²) in [5, 5.41) is 6.99. The molecule has 1 heterocycles. The molecule has 0 aromatic heterocycles. The number of likely N-dealkylation sites (tertiary alicyclic amines) is 1. The minimum atomic E-state index is 0. The Morgan fingerprint density at radius 1 is 1.04 bits per heavy atom. The lowest BCUT2D eigenvalue weighted by Crippen LogP contribution is -2.43. The van der Waals surface area contributed by atoms with Crippen LogP contribution in [0.5, 0.6) is 0 Å². The Bertz CT molecular complexity index is 414. The van der Waals surface area contributed by atoms with Crippen LogP contribution in [0.25, 0.3) is 0 Å². The van der Waals surface area contributed by atoms with Crippen molar-refractivity contribution in [3.05, 3.63) is 0 Å². The molecule has 0 radical (unpaired) electrons. The second kappa shape index (κ2) is 11.7. The summed E-state index contributed by atoms with van der Waals surface area (Å²) in [6.07, 6.45) is 9.67. The summed E-state index contributed by atoms with van der Waals surface area (Å²) in [6, 6.07) is 0.879. The molecule has 0 atom stereocenters. The molecule has 0 amide bonds. The van der Waals surface area contributed by atoms with Crippen molar-refractivity contribution < 1.29 is 0 Å². The number of hydrogen-bond acceptors (Lipinski definition) is 3. The molecule has 2 saturated carbocycles. The summed E-state index contributed by atoms with van der Waals surface area (Å²) in [4.78, 5) is 9.69. The molecule has 2 aliphatic carbocycles. The van der Waals surface area contributed by atoms with Gasteiger partial charge in [-0.15, -0.1) is 24.0 Å². The molecule has 1 saturated heterocycles. The first-order valence-corrected chi connectivity index (χ1v) is 10.7. The van der Waals surface area contributed by atoms with Gasteiger partial charge in [-0.3, -0.25) is 9.89 Å². The van der Waals surface area contributed by atoms with Crippen molar-refractivity contribution in [3.63, 3.8) is 0 Å². The normalized spacial score (nSPS) is 22.3. The van der Waals surface area contributed by atoms with Crippen molar-refractivity contribution in [1.82, 2.24) is 20.4 Å². The first-order chi connectivity index (χ1) is 12.2. The molecule has 0 bridgehead atoms.